The molecule has 0 atom stereocenters. The van der Waals surface area contributed by atoms with Crippen molar-refractivity contribution in [1.82, 2.24) is 0 Å². The molecular formula is C14H17O3P. The molecule has 0 aliphatic rings. The van der Waals surface area contributed by atoms with E-state index in [-0.39, 0.29) is 0 Å². The molecule has 2 rings (SSSR count). The van der Waals surface area contributed by atoms with Crippen molar-refractivity contribution < 1.29 is 14.4 Å². The lowest BCUT2D eigenvalue weighted by molar-refractivity contribution is 0.405. The molecule has 2 aromatic carbocycles. The number of benzene rings is 2. The zero-order chi connectivity index (χ0) is 13.2. The molecule has 0 spiro atoms. The summed E-state index contributed by atoms with van der Waals surface area (Å²) in [6, 6.07) is 21.2. The molecule has 0 aliphatic heterocycles. The van der Waals surface area contributed by atoms with Gasteiger partial charge in [-0.25, -0.2) is 0 Å². The van der Waals surface area contributed by atoms with Gasteiger partial charge in [-0.3, -0.25) is 4.57 Å². The Hall–Kier alpha value is -1.41. The highest BCUT2D eigenvalue weighted by Crippen LogP contribution is 2.06. The average Bonchev–Trinajstić information content (AvgIpc) is 2.38. The van der Waals surface area contributed by atoms with Crippen molar-refractivity contribution in [3.63, 3.8) is 0 Å². The number of aryl methyl sites for hydroxylation is 2. The van der Waals surface area contributed by atoms with Gasteiger partial charge in [0.2, 0.25) is 0 Å². The lowest BCUT2D eigenvalue weighted by Gasteiger charge is -2.01. The molecule has 2 aromatic rings. The first kappa shape index (κ1) is 14.7. The van der Waals surface area contributed by atoms with E-state index in [2.05, 4.69) is 60.7 Å². The van der Waals surface area contributed by atoms with Crippen molar-refractivity contribution >= 4 is 8.25 Å². The van der Waals surface area contributed by atoms with Gasteiger partial charge < -0.3 is 9.79 Å². The van der Waals surface area contributed by atoms with Gasteiger partial charge in [0.25, 0.3) is 0 Å². The molecule has 0 aromatic heterocycles. The Bertz CT molecular complexity index is 413. The predicted molar refractivity (Wildman–Crippen MR) is 73.7 cm³/mol. The van der Waals surface area contributed by atoms with Crippen LogP contribution in [0.25, 0.3) is 0 Å². The lowest BCUT2D eigenvalue weighted by atomic mass is 10.0. The van der Waals surface area contributed by atoms with E-state index in [1.54, 1.807) is 0 Å². The minimum atomic E-state index is -3.13. The Morgan fingerprint density at radius 3 is 1.28 bits per heavy atom. The van der Waals surface area contributed by atoms with Gasteiger partial charge >= 0.3 is 8.25 Å². The molecular weight excluding hydrogens is 247 g/mol. The maximum Gasteiger partial charge on any atom is 0.314 e. The average molecular weight is 264 g/mol. The number of hydrogen-bond acceptors (Lipinski definition) is 1. The molecule has 0 fully saturated rings. The fraction of sp³-hybridized carbons (Fsp3) is 0.143. The van der Waals surface area contributed by atoms with Crippen LogP contribution in [-0.4, -0.2) is 9.79 Å². The SMILES string of the molecule is O=[PH](O)O.c1ccc(CCc2ccccc2)cc1. The summed E-state index contributed by atoms with van der Waals surface area (Å²) < 4.78 is 8.74. The first-order valence-corrected chi connectivity index (χ1v) is 6.98. The molecule has 0 heterocycles. The Morgan fingerprint density at radius 1 is 0.722 bits per heavy atom. The minimum Gasteiger partial charge on any atom is -0.326 e. The first-order chi connectivity index (χ1) is 8.68. The fourth-order valence-electron chi connectivity index (χ4n) is 1.58. The van der Waals surface area contributed by atoms with Crippen LogP contribution in [0.5, 0.6) is 0 Å². The molecule has 0 radical (unpaired) electrons. The van der Waals surface area contributed by atoms with Gasteiger partial charge in [0, 0.05) is 0 Å². The zero-order valence-corrected chi connectivity index (χ0v) is 11.0. The van der Waals surface area contributed by atoms with Crippen molar-refractivity contribution in [2.45, 2.75) is 12.8 Å². The van der Waals surface area contributed by atoms with Gasteiger partial charge in [0.1, 0.15) is 0 Å². The Balaban J connectivity index is 0.000000357. The van der Waals surface area contributed by atoms with Crippen molar-refractivity contribution in [2.75, 3.05) is 0 Å². The summed E-state index contributed by atoms with van der Waals surface area (Å²) in [7, 11) is -3.13. The summed E-state index contributed by atoms with van der Waals surface area (Å²) in [5, 5.41) is 0. The molecule has 0 aliphatic carbocycles. The summed E-state index contributed by atoms with van der Waals surface area (Å²) in [6.07, 6.45) is 2.26. The van der Waals surface area contributed by atoms with Gasteiger partial charge in [0.15, 0.2) is 0 Å². The highest BCUT2D eigenvalue weighted by Gasteiger charge is 1.93. The molecule has 0 bridgehead atoms. The molecule has 4 heteroatoms. The van der Waals surface area contributed by atoms with Crippen molar-refractivity contribution in [3.05, 3.63) is 71.8 Å². The van der Waals surface area contributed by atoms with E-state index < -0.39 is 8.25 Å². The largest absolute Gasteiger partial charge is 0.326 e. The molecule has 3 nitrogen and oxygen atoms in total. The predicted octanol–water partition coefficient (Wildman–Crippen LogP) is 2.83. The summed E-state index contributed by atoms with van der Waals surface area (Å²) >= 11 is 0. The standard InChI is InChI=1S/C14H14.H3O3P/c1-3-7-13(8-4-1)11-12-14-9-5-2-6-10-14;1-4(2)3/h1-10H,11-12H2;4H,(H2,1,2,3). The molecule has 0 saturated carbocycles. The van der Waals surface area contributed by atoms with Gasteiger partial charge in [-0.15, -0.1) is 0 Å². The summed E-state index contributed by atoms with van der Waals surface area (Å²) in [6.45, 7) is 0. The third-order valence-electron chi connectivity index (χ3n) is 2.39. The van der Waals surface area contributed by atoms with Gasteiger partial charge in [-0.2, -0.15) is 0 Å². The van der Waals surface area contributed by atoms with Crippen LogP contribution < -0.4 is 0 Å². The summed E-state index contributed by atoms with van der Waals surface area (Å²) in [5.41, 5.74) is 2.83. The normalized spacial score (nSPS) is 9.72. The lowest BCUT2D eigenvalue weighted by Crippen LogP contribution is -1.89. The molecule has 2 N–H and O–H groups in total. The highest BCUT2D eigenvalue weighted by atomic mass is 31.1. The molecule has 0 saturated heterocycles. The van der Waals surface area contributed by atoms with Crippen LogP contribution in [0, 0.1) is 0 Å². The number of rotatable bonds is 3. The highest BCUT2D eigenvalue weighted by molar-refractivity contribution is 7.30. The van der Waals surface area contributed by atoms with Gasteiger partial charge in [0.05, 0.1) is 0 Å². The molecule has 0 unspecified atom stereocenters. The van der Waals surface area contributed by atoms with Crippen LogP contribution in [0.4, 0.5) is 0 Å². The minimum absolute atomic E-state index is 1.13. The van der Waals surface area contributed by atoms with Crippen LogP contribution in [0.3, 0.4) is 0 Å². The molecule has 18 heavy (non-hydrogen) atoms. The van der Waals surface area contributed by atoms with E-state index in [1.165, 1.54) is 11.1 Å². The van der Waals surface area contributed by atoms with Crippen molar-refractivity contribution in [1.29, 1.82) is 0 Å². The Morgan fingerprint density at radius 2 is 1.00 bits per heavy atom. The van der Waals surface area contributed by atoms with Crippen LogP contribution in [0.1, 0.15) is 11.1 Å². The zero-order valence-electron chi connectivity index (χ0n) is 9.99. The third kappa shape index (κ3) is 7.02. The van der Waals surface area contributed by atoms with E-state index in [1.807, 2.05) is 0 Å². The second-order valence-electron chi connectivity index (χ2n) is 3.75. The van der Waals surface area contributed by atoms with Crippen molar-refractivity contribution in [2.24, 2.45) is 0 Å². The molecule has 0 amide bonds. The quantitative estimate of drug-likeness (QED) is 0.838. The maximum absolute atomic E-state index is 8.74. The van der Waals surface area contributed by atoms with Crippen LogP contribution in [-0.2, 0) is 17.4 Å². The van der Waals surface area contributed by atoms with E-state index in [0.29, 0.717) is 0 Å². The monoisotopic (exact) mass is 264 g/mol. The van der Waals surface area contributed by atoms with Crippen LogP contribution >= 0.6 is 8.25 Å². The van der Waals surface area contributed by atoms with E-state index in [4.69, 9.17) is 14.4 Å². The summed E-state index contributed by atoms with van der Waals surface area (Å²) in [5.74, 6) is 0. The molecule has 96 valence electrons. The van der Waals surface area contributed by atoms with Crippen molar-refractivity contribution in [3.8, 4) is 0 Å². The van der Waals surface area contributed by atoms with Crippen LogP contribution in [0.2, 0.25) is 0 Å². The maximum atomic E-state index is 8.74. The first-order valence-electron chi connectivity index (χ1n) is 5.68. The fourth-order valence-corrected chi connectivity index (χ4v) is 1.58. The third-order valence-corrected chi connectivity index (χ3v) is 2.39. The van der Waals surface area contributed by atoms with E-state index in [0.717, 1.165) is 12.8 Å². The van der Waals surface area contributed by atoms with Crippen LogP contribution in [0.15, 0.2) is 60.7 Å². The summed E-state index contributed by atoms with van der Waals surface area (Å²) in [4.78, 5) is 14.3. The Kier molecular flexibility index (Phi) is 7.04. The second-order valence-corrected chi connectivity index (χ2v) is 4.32. The van der Waals surface area contributed by atoms with Gasteiger partial charge in [-0.05, 0) is 24.0 Å². The van der Waals surface area contributed by atoms with E-state index >= 15 is 0 Å². The smallest absolute Gasteiger partial charge is 0.314 e. The van der Waals surface area contributed by atoms with Gasteiger partial charge in [-0.1, -0.05) is 60.7 Å². The Labute approximate surface area is 108 Å². The van der Waals surface area contributed by atoms with E-state index in [9.17, 15) is 0 Å². The second kappa shape index (κ2) is 8.65. The number of hydrogen-bond donors (Lipinski definition) is 2. The topological polar surface area (TPSA) is 57.5 Å².